The maximum absolute atomic E-state index is 8.85. The molecule has 1 atom stereocenters. The summed E-state index contributed by atoms with van der Waals surface area (Å²) in [7, 11) is 0. The highest BCUT2D eigenvalue weighted by Crippen LogP contribution is 2.33. The molecular formula is C27H29Cl2N7O. The number of benzene rings is 2. The van der Waals surface area contributed by atoms with Crippen molar-refractivity contribution in [3.8, 4) is 5.75 Å². The van der Waals surface area contributed by atoms with Crippen molar-refractivity contribution in [2.24, 2.45) is 0 Å². The van der Waals surface area contributed by atoms with Crippen LogP contribution in [-0.4, -0.2) is 58.3 Å². The number of fused-ring (bicyclic) bond motifs is 1. The third kappa shape index (κ3) is 5.23. The van der Waals surface area contributed by atoms with Crippen LogP contribution in [0.2, 0.25) is 10.0 Å². The minimum absolute atomic E-state index is 0.185. The molecule has 2 aromatic carbocycles. The fourth-order valence-electron chi connectivity index (χ4n) is 4.66. The molecule has 1 unspecified atom stereocenters. The van der Waals surface area contributed by atoms with E-state index in [-0.39, 0.29) is 5.71 Å². The lowest BCUT2D eigenvalue weighted by Crippen LogP contribution is -2.46. The Hall–Kier alpha value is -3.33. The smallest absolute Gasteiger partial charge is 0.157 e. The van der Waals surface area contributed by atoms with Crippen molar-refractivity contribution < 1.29 is 4.74 Å². The molecule has 192 valence electrons. The average Bonchev–Trinajstić information content (AvgIpc) is 3.33. The predicted octanol–water partition coefficient (Wildman–Crippen LogP) is 5.54. The van der Waals surface area contributed by atoms with Crippen molar-refractivity contribution >= 4 is 51.3 Å². The van der Waals surface area contributed by atoms with Gasteiger partial charge >= 0.3 is 0 Å². The maximum Gasteiger partial charge on any atom is 0.157 e. The first-order chi connectivity index (χ1) is 17.8. The Morgan fingerprint density at radius 1 is 1.11 bits per heavy atom. The molecule has 3 heterocycles. The Labute approximate surface area is 225 Å². The quantitative estimate of drug-likeness (QED) is 0.211. The number of halogens is 2. The van der Waals surface area contributed by atoms with Gasteiger partial charge in [-0.1, -0.05) is 30.1 Å². The van der Waals surface area contributed by atoms with E-state index < -0.39 is 6.10 Å². The highest BCUT2D eigenvalue weighted by molar-refractivity contribution is 6.35. The Bertz CT molecular complexity index is 1430. The van der Waals surface area contributed by atoms with Crippen LogP contribution in [0, 0.1) is 5.41 Å². The van der Waals surface area contributed by atoms with Gasteiger partial charge < -0.3 is 25.3 Å². The molecule has 37 heavy (non-hydrogen) atoms. The third-order valence-electron chi connectivity index (χ3n) is 6.79. The third-order valence-corrected chi connectivity index (χ3v) is 7.39. The summed E-state index contributed by atoms with van der Waals surface area (Å²) >= 11 is 12.6. The highest BCUT2D eigenvalue weighted by atomic mass is 35.5. The van der Waals surface area contributed by atoms with Crippen LogP contribution in [0.15, 0.2) is 48.8 Å². The summed E-state index contributed by atoms with van der Waals surface area (Å²) in [5, 5.41) is 9.71. The lowest BCUT2D eigenvalue weighted by molar-refractivity contribution is 0.227. The molecule has 1 fully saturated rings. The summed E-state index contributed by atoms with van der Waals surface area (Å²) in [4.78, 5) is 16.8. The molecule has 1 saturated heterocycles. The summed E-state index contributed by atoms with van der Waals surface area (Å²) in [5.74, 6) is 0.982. The van der Waals surface area contributed by atoms with Gasteiger partial charge in [-0.3, -0.25) is 10.4 Å². The molecule has 0 bridgehead atoms. The number of nitrogens with one attached hydrogen (secondary N) is 2. The van der Waals surface area contributed by atoms with E-state index in [0.29, 0.717) is 38.4 Å². The van der Waals surface area contributed by atoms with Crippen LogP contribution in [0.1, 0.15) is 36.9 Å². The zero-order valence-electron chi connectivity index (χ0n) is 20.8. The van der Waals surface area contributed by atoms with Crippen LogP contribution in [0.5, 0.6) is 5.75 Å². The molecule has 0 aliphatic carbocycles. The van der Waals surface area contributed by atoms with Crippen molar-refractivity contribution in [1.29, 1.82) is 5.41 Å². The fourth-order valence-corrected chi connectivity index (χ4v) is 5.33. The summed E-state index contributed by atoms with van der Waals surface area (Å²) in [6.45, 7) is 9.24. The lowest BCUT2D eigenvalue weighted by Gasteiger charge is -2.35. The number of hydrogen-bond donors (Lipinski definition) is 3. The van der Waals surface area contributed by atoms with Crippen LogP contribution in [0.4, 0.5) is 11.4 Å². The number of pyridine rings is 1. The summed E-state index contributed by atoms with van der Waals surface area (Å²) in [5.41, 5.74) is 10.9. The largest absolute Gasteiger partial charge is 0.486 e. The number of imidazole rings is 1. The monoisotopic (exact) mass is 537 g/mol. The van der Waals surface area contributed by atoms with E-state index in [9.17, 15) is 0 Å². The molecule has 0 radical (unpaired) electrons. The van der Waals surface area contributed by atoms with Crippen LogP contribution in [0.25, 0.3) is 11.0 Å². The highest BCUT2D eigenvalue weighted by Gasteiger charge is 2.20. The molecular weight excluding hydrogens is 509 g/mol. The van der Waals surface area contributed by atoms with Crippen molar-refractivity contribution in [2.45, 2.75) is 20.0 Å². The van der Waals surface area contributed by atoms with Crippen molar-refractivity contribution in [3.05, 3.63) is 75.8 Å². The van der Waals surface area contributed by atoms with Crippen LogP contribution in [-0.2, 0) is 0 Å². The number of nitrogens with two attached hydrogens (primary N) is 1. The number of rotatable bonds is 7. The van der Waals surface area contributed by atoms with E-state index >= 15 is 0 Å². The molecule has 0 saturated carbocycles. The second-order valence-corrected chi connectivity index (χ2v) is 9.92. The first-order valence-electron chi connectivity index (χ1n) is 12.3. The Balaban J connectivity index is 1.37. The fraction of sp³-hybridized carbons (Fsp3) is 0.296. The maximum atomic E-state index is 8.85. The molecule has 1 aliphatic heterocycles. The van der Waals surface area contributed by atoms with Gasteiger partial charge in [-0.2, -0.15) is 0 Å². The number of hydrogen-bond acceptors (Lipinski definition) is 7. The van der Waals surface area contributed by atoms with E-state index in [4.69, 9.17) is 39.1 Å². The van der Waals surface area contributed by atoms with Gasteiger partial charge in [0.15, 0.2) is 5.82 Å². The molecule has 8 nitrogen and oxygen atoms in total. The molecule has 0 amide bonds. The molecule has 2 aromatic heterocycles. The normalized spacial score (nSPS) is 15.2. The number of nitrogens with zero attached hydrogens (tertiary/aromatic N) is 4. The second-order valence-electron chi connectivity index (χ2n) is 9.11. The topological polar surface area (TPSA) is 107 Å². The van der Waals surface area contributed by atoms with Gasteiger partial charge in [0.05, 0.1) is 21.1 Å². The van der Waals surface area contributed by atoms with Gasteiger partial charge in [0.1, 0.15) is 17.6 Å². The van der Waals surface area contributed by atoms with E-state index in [1.54, 1.807) is 18.2 Å². The number of anilines is 2. The zero-order valence-corrected chi connectivity index (χ0v) is 22.3. The molecule has 5 rings (SSSR count). The number of ether oxygens (including phenoxy) is 1. The second kappa shape index (κ2) is 10.6. The van der Waals surface area contributed by atoms with Gasteiger partial charge in [0.2, 0.25) is 0 Å². The molecule has 1 aliphatic rings. The van der Waals surface area contributed by atoms with Gasteiger partial charge in [0.25, 0.3) is 0 Å². The lowest BCUT2D eigenvalue weighted by atomic mass is 10.1. The minimum atomic E-state index is -0.433. The van der Waals surface area contributed by atoms with Gasteiger partial charge in [-0.25, -0.2) is 4.98 Å². The van der Waals surface area contributed by atoms with E-state index in [0.717, 1.165) is 49.4 Å². The van der Waals surface area contributed by atoms with Gasteiger partial charge in [-0.05, 0) is 49.9 Å². The Kier molecular flexibility index (Phi) is 7.24. The van der Waals surface area contributed by atoms with Crippen molar-refractivity contribution in [2.75, 3.05) is 43.4 Å². The number of aromatic nitrogens is 3. The SMILES string of the molecule is CCN1CCN(c2ccc3nc(C(=N)c4cc(OC(C)c5c(Cl)cncc5Cl)ccc4N)[nH]c3c2)CC1. The molecule has 4 N–H and O–H groups in total. The number of H-pyrrole nitrogens is 1. The van der Waals surface area contributed by atoms with E-state index in [1.807, 2.05) is 13.0 Å². The standard InChI is InChI=1S/C27H29Cl2N7O/c1-3-35-8-10-36(11-9-35)17-4-7-23-24(12-17)34-27(33-23)26(31)19-13-18(5-6-22(19)30)37-16(2)25-20(28)14-32-15-21(25)29/h4-7,12-16,31H,3,8-11,30H2,1-2H3,(H,33,34). The Morgan fingerprint density at radius 2 is 1.84 bits per heavy atom. The zero-order chi connectivity index (χ0) is 26.1. The Morgan fingerprint density at radius 3 is 2.54 bits per heavy atom. The average molecular weight is 538 g/mol. The summed E-state index contributed by atoms with van der Waals surface area (Å²) < 4.78 is 6.11. The minimum Gasteiger partial charge on any atom is -0.486 e. The number of aromatic amines is 1. The molecule has 0 spiro atoms. The number of piperazine rings is 1. The molecule has 10 heteroatoms. The number of likely N-dealkylation sites (N-methyl/N-ethyl adjacent to an activating group) is 1. The first-order valence-corrected chi connectivity index (χ1v) is 13.0. The van der Waals surface area contributed by atoms with Gasteiger partial charge in [0, 0.05) is 61.1 Å². The summed E-state index contributed by atoms with van der Waals surface area (Å²) in [6.07, 6.45) is 2.63. The van der Waals surface area contributed by atoms with E-state index in [1.165, 1.54) is 12.4 Å². The predicted molar refractivity (Wildman–Crippen MR) is 151 cm³/mol. The van der Waals surface area contributed by atoms with Crippen LogP contribution >= 0.6 is 23.2 Å². The van der Waals surface area contributed by atoms with E-state index in [2.05, 4.69) is 43.8 Å². The summed E-state index contributed by atoms with van der Waals surface area (Å²) in [6, 6.07) is 11.4. The van der Waals surface area contributed by atoms with Crippen molar-refractivity contribution in [1.82, 2.24) is 19.9 Å². The number of nitrogen functional groups attached to an aromatic ring is 1. The van der Waals surface area contributed by atoms with Crippen LogP contribution in [0.3, 0.4) is 0 Å². The van der Waals surface area contributed by atoms with Gasteiger partial charge in [-0.15, -0.1) is 0 Å². The van der Waals surface area contributed by atoms with Crippen LogP contribution < -0.4 is 15.4 Å². The van der Waals surface area contributed by atoms with Crippen molar-refractivity contribution in [3.63, 3.8) is 0 Å². The first kappa shape index (κ1) is 25.3. The molecule has 4 aromatic rings.